The number of nitrogens with zero attached hydrogens (tertiary/aromatic N) is 3. The van der Waals surface area contributed by atoms with Crippen LogP contribution >= 0.6 is 11.3 Å². The minimum atomic E-state index is -0.497. The van der Waals surface area contributed by atoms with Crippen LogP contribution in [0.4, 0.5) is 5.69 Å². The Bertz CT molecular complexity index is 1030. The summed E-state index contributed by atoms with van der Waals surface area (Å²) in [6, 6.07) is 21.5. The Morgan fingerprint density at radius 2 is 1.62 bits per heavy atom. The summed E-state index contributed by atoms with van der Waals surface area (Å²) >= 11 is 1.71. The summed E-state index contributed by atoms with van der Waals surface area (Å²) in [7, 11) is 0. The molecule has 1 N–H and O–H groups in total. The van der Waals surface area contributed by atoms with Crippen molar-refractivity contribution in [2.75, 3.05) is 32.7 Å². The first kappa shape index (κ1) is 27.5. The van der Waals surface area contributed by atoms with E-state index in [0.717, 1.165) is 76.9 Å². The highest BCUT2D eigenvalue weighted by Crippen LogP contribution is 2.29. The normalized spacial score (nSPS) is 19.8. The van der Waals surface area contributed by atoms with Crippen LogP contribution in [0.25, 0.3) is 0 Å². The summed E-state index contributed by atoms with van der Waals surface area (Å²) in [5.74, 6) is 0.664. The van der Waals surface area contributed by atoms with E-state index in [1.54, 1.807) is 23.5 Å². The van der Waals surface area contributed by atoms with Gasteiger partial charge in [-0.3, -0.25) is 15.0 Å². The fourth-order valence-corrected chi connectivity index (χ4v) is 5.90. The maximum absolute atomic E-state index is 11.0. The van der Waals surface area contributed by atoms with E-state index in [1.807, 2.05) is 41.1 Å². The fourth-order valence-electron chi connectivity index (χ4n) is 5.45. The third-order valence-corrected chi connectivity index (χ3v) is 8.23. The van der Waals surface area contributed by atoms with Crippen molar-refractivity contribution in [3.8, 4) is 0 Å². The summed E-state index contributed by atoms with van der Waals surface area (Å²) in [5.41, 5.74) is 2.14. The molecule has 3 aromatic rings. The van der Waals surface area contributed by atoms with Crippen molar-refractivity contribution in [1.82, 2.24) is 9.80 Å². The van der Waals surface area contributed by atoms with E-state index in [0.29, 0.717) is 5.92 Å². The highest BCUT2D eigenvalue weighted by atomic mass is 32.1. The summed E-state index contributed by atoms with van der Waals surface area (Å²) < 4.78 is 0. The third-order valence-electron chi connectivity index (χ3n) is 7.60. The molecule has 2 fully saturated rings. The van der Waals surface area contributed by atoms with Crippen molar-refractivity contribution in [2.45, 2.75) is 50.7 Å². The van der Waals surface area contributed by atoms with Crippen LogP contribution in [0, 0.1) is 16.0 Å². The quantitative estimate of drug-likeness (QED) is 0.276. The Morgan fingerprint density at radius 3 is 2.24 bits per heavy atom. The Morgan fingerprint density at radius 1 is 0.919 bits per heavy atom. The van der Waals surface area contributed by atoms with E-state index >= 15 is 0 Å². The van der Waals surface area contributed by atoms with Gasteiger partial charge in [0.2, 0.25) is 0 Å². The number of non-ortho nitro benzene ring substituents is 1. The maximum atomic E-state index is 11.0. The van der Waals surface area contributed by atoms with Gasteiger partial charge in [-0.25, -0.2) is 0 Å². The predicted octanol–water partition coefficient (Wildman–Crippen LogP) is 6.01. The molecule has 0 amide bonds. The molecule has 0 spiro atoms. The molecule has 2 saturated heterocycles. The molecule has 3 heterocycles. The molecule has 7 heteroatoms. The van der Waals surface area contributed by atoms with Crippen molar-refractivity contribution in [1.29, 1.82) is 0 Å². The molecule has 2 aliphatic heterocycles. The van der Waals surface area contributed by atoms with E-state index < -0.39 is 5.60 Å². The molecular weight excluding hydrogens is 482 g/mol. The van der Waals surface area contributed by atoms with Crippen LogP contribution in [-0.2, 0) is 13.0 Å². The van der Waals surface area contributed by atoms with Gasteiger partial charge in [0.15, 0.2) is 0 Å². The number of aryl methyl sites for hydroxylation is 1. The SMILES string of the molecule is O=[N+]([O-])c1ccc(CN2CCC(CN3CCC(O)(CCCc4ccccc4)CC3)C2)cc1.c1ccsc1. The van der Waals surface area contributed by atoms with Crippen LogP contribution in [-0.4, -0.2) is 58.2 Å². The van der Waals surface area contributed by atoms with Crippen molar-refractivity contribution >= 4 is 17.0 Å². The molecule has 1 aromatic heterocycles. The smallest absolute Gasteiger partial charge is 0.269 e. The number of nitro benzene ring substituents is 1. The van der Waals surface area contributed by atoms with Crippen LogP contribution in [0.1, 0.15) is 43.2 Å². The number of hydrogen-bond acceptors (Lipinski definition) is 6. The van der Waals surface area contributed by atoms with Gasteiger partial charge in [0, 0.05) is 44.9 Å². The molecule has 0 aliphatic carbocycles. The lowest BCUT2D eigenvalue weighted by atomic mass is 9.85. The highest BCUT2D eigenvalue weighted by molar-refractivity contribution is 7.07. The molecule has 2 aromatic carbocycles. The molecule has 0 saturated carbocycles. The average Bonchev–Trinajstić information content (AvgIpc) is 3.63. The lowest BCUT2D eigenvalue weighted by Gasteiger charge is -2.39. The third kappa shape index (κ3) is 9.04. The predicted molar refractivity (Wildman–Crippen MR) is 151 cm³/mol. The first-order valence-electron chi connectivity index (χ1n) is 13.4. The summed E-state index contributed by atoms with van der Waals surface area (Å²) in [5, 5.41) is 25.9. The molecule has 0 bridgehead atoms. The van der Waals surface area contributed by atoms with E-state index in [2.05, 4.69) is 34.1 Å². The zero-order valence-corrected chi connectivity index (χ0v) is 22.4. The Kier molecular flexibility index (Phi) is 10.3. The molecule has 0 radical (unpaired) electrons. The largest absolute Gasteiger partial charge is 0.390 e. The monoisotopic (exact) mass is 521 g/mol. The zero-order valence-electron chi connectivity index (χ0n) is 21.6. The Balaban J connectivity index is 0.000000572. The number of benzene rings is 2. The lowest BCUT2D eigenvalue weighted by molar-refractivity contribution is -0.384. The maximum Gasteiger partial charge on any atom is 0.269 e. The highest BCUT2D eigenvalue weighted by Gasteiger charge is 2.33. The zero-order chi connectivity index (χ0) is 25.9. The van der Waals surface area contributed by atoms with E-state index in [1.165, 1.54) is 12.0 Å². The average molecular weight is 522 g/mol. The van der Waals surface area contributed by atoms with Crippen LogP contribution in [0.5, 0.6) is 0 Å². The van der Waals surface area contributed by atoms with Gasteiger partial charge in [-0.05, 0) is 72.9 Å². The van der Waals surface area contributed by atoms with E-state index in [9.17, 15) is 15.2 Å². The number of hydrogen-bond donors (Lipinski definition) is 1. The number of likely N-dealkylation sites (tertiary alicyclic amines) is 2. The van der Waals surface area contributed by atoms with Gasteiger partial charge in [0.05, 0.1) is 10.5 Å². The first-order chi connectivity index (χ1) is 18.0. The van der Waals surface area contributed by atoms with Gasteiger partial charge in [-0.2, -0.15) is 11.3 Å². The van der Waals surface area contributed by atoms with Gasteiger partial charge >= 0.3 is 0 Å². The number of rotatable bonds is 9. The van der Waals surface area contributed by atoms with Crippen LogP contribution in [0.15, 0.2) is 77.5 Å². The summed E-state index contributed by atoms with van der Waals surface area (Å²) in [6.07, 6.45) is 5.93. The van der Waals surface area contributed by atoms with Gasteiger partial charge in [0.1, 0.15) is 0 Å². The molecule has 198 valence electrons. The molecule has 1 atom stereocenters. The second-order valence-electron chi connectivity index (χ2n) is 10.5. The second kappa shape index (κ2) is 13.8. The summed E-state index contributed by atoms with van der Waals surface area (Å²) in [4.78, 5) is 15.5. The molecule has 2 aliphatic rings. The van der Waals surface area contributed by atoms with Gasteiger partial charge in [0.25, 0.3) is 5.69 Å². The minimum Gasteiger partial charge on any atom is -0.390 e. The van der Waals surface area contributed by atoms with E-state index in [4.69, 9.17) is 0 Å². The molecule has 5 rings (SSSR count). The minimum absolute atomic E-state index is 0.151. The van der Waals surface area contributed by atoms with Crippen LogP contribution < -0.4 is 0 Å². The fraction of sp³-hybridized carbons (Fsp3) is 0.467. The van der Waals surface area contributed by atoms with Gasteiger partial charge in [-0.1, -0.05) is 54.6 Å². The van der Waals surface area contributed by atoms with Gasteiger partial charge in [-0.15, -0.1) is 0 Å². The van der Waals surface area contributed by atoms with Crippen molar-refractivity contribution in [2.24, 2.45) is 5.92 Å². The standard InChI is InChI=1S/C26H35N3O3.C4H4S/c30-26(13-4-7-22-5-2-1-3-6-22)14-17-27(18-15-26)20-24-12-16-28(21-24)19-23-8-10-25(11-9-23)29(31)32;1-2-4-5-3-1/h1-3,5-6,8-11,24,30H,4,7,12-21H2;1-4H. The van der Waals surface area contributed by atoms with Crippen LogP contribution in [0.3, 0.4) is 0 Å². The number of aliphatic hydroxyl groups is 1. The van der Waals surface area contributed by atoms with Gasteiger partial charge < -0.3 is 10.0 Å². The van der Waals surface area contributed by atoms with Crippen molar-refractivity contribution in [3.05, 3.63) is 98.7 Å². The van der Waals surface area contributed by atoms with Crippen LogP contribution in [0.2, 0.25) is 0 Å². The number of nitro groups is 1. The number of thiophene rings is 1. The molecule has 1 unspecified atom stereocenters. The van der Waals surface area contributed by atoms with Crippen molar-refractivity contribution in [3.63, 3.8) is 0 Å². The molecule has 6 nitrogen and oxygen atoms in total. The van der Waals surface area contributed by atoms with E-state index in [-0.39, 0.29) is 10.6 Å². The first-order valence-corrected chi connectivity index (χ1v) is 14.3. The Labute approximate surface area is 224 Å². The molecule has 37 heavy (non-hydrogen) atoms. The number of piperidine rings is 1. The Hall–Kier alpha value is -2.58. The summed E-state index contributed by atoms with van der Waals surface area (Å²) in [6.45, 7) is 6.10. The molecular formula is C30H39N3O3S. The second-order valence-corrected chi connectivity index (χ2v) is 11.3. The van der Waals surface area contributed by atoms with Crippen molar-refractivity contribution < 1.29 is 10.0 Å². The topological polar surface area (TPSA) is 69.9 Å². The lowest BCUT2D eigenvalue weighted by Crippen LogP contribution is -2.46.